The second-order valence-electron chi connectivity index (χ2n) is 5.03. The third-order valence-corrected chi connectivity index (χ3v) is 5.61. The van der Waals surface area contributed by atoms with Gasteiger partial charge in [0.15, 0.2) is 9.84 Å². The summed E-state index contributed by atoms with van der Waals surface area (Å²) in [5, 5.41) is 0.00694. The first-order chi connectivity index (χ1) is 5.41. The van der Waals surface area contributed by atoms with Gasteiger partial charge in [-0.25, -0.2) is 8.42 Å². The van der Waals surface area contributed by atoms with E-state index in [4.69, 9.17) is 0 Å². The van der Waals surface area contributed by atoms with Gasteiger partial charge >= 0.3 is 0 Å². The molecular formula is C9H16O2S. The highest BCUT2D eigenvalue weighted by Gasteiger charge is 2.49. The Hall–Kier alpha value is -0.0500. The molecule has 0 aromatic heterocycles. The molecule has 1 heterocycles. The van der Waals surface area contributed by atoms with Gasteiger partial charge in [-0.3, -0.25) is 0 Å². The average molecular weight is 188 g/mol. The van der Waals surface area contributed by atoms with Crippen LogP contribution in [0.25, 0.3) is 0 Å². The van der Waals surface area contributed by atoms with Crippen LogP contribution < -0.4 is 0 Å². The van der Waals surface area contributed by atoms with Crippen molar-refractivity contribution in [1.82, 2.24) is 0 Å². The number of hydrogen-bond acceptors (Lipinski definition) is 2. The van der Waals surface area contributed by atoms with Gasteiger partial charge < -0.3 is 0 Å². The Balaban J connectivity index is 2.28. The fraction of sp³-hybridized carbons (Fsp3) is 1.00. The van der Waals surface area contributed by atoms with E-state index in [0.29, 0.717) is 11.7 Å². The number of hydrogen-bond donors (Lipinski definition) is 0. The SMILES string of the molecule is CC1(C)CC2CCS(=O)(=O)C2C1. The molecule has 2 nitrogen and oxygen atoms in total. The predicted octanol–water partition coefficient (Wildman–Crippen LogP) is 1.61. The summed E-state index contributed by atoms with van der Waals surface area (Å²) in [7, 11) is -2.69. The van der Waals surface area contributed by atoms with Gasteiger partial charge in [-0.15, -0.1) is 0 Å². The lowest BCUT2D eigenvalue weighted by Gasteiger charge is -2.17. The fourth-order valence-corrected chi connectivity index (χ4v) is 5.27. The van der Waals surface area contributed by atoms with Crippen molar-refractivity contribution in [3.8, 4) is 0 Å². The Morgan fingerprint density at radius 3 is 2.50 bits per heavy atom. The van der Waals surface area contributed by atoms with Gasteiger partial charge in [0.05, 0.1) is 11.0 Å². The zero-order chi connectivity index (χ0) is 8.98. The molecule has 12 heavy (non-hydrogen) atoms. The lowest BCUT2D eigenvalue weighted by Crippen LogP contribution is -2.18. The summed E-state index contributed by atoms with van der Waals surface area (Å²) < 4.78 is 23.1. The van der Waals surface area contributed by atoms with E-state index in [-0.39, 0.29) is 10.7 Å². The molecule has 2 fully saturated rings. The van der Waals surface area contributed by atoms with E-state index in [1.54, 1.807) is 0 Å². The minimum atomic E-state index is -2.69. The minimum Gasteiger partial charge on any atom is -0.229 e. The van der Waals surface area contributed by atoms with E-state index in [0.717, 1.165) is 19.3 Å². The summed E-state index contributed by atoms with van der Waals surface area (Å²) in [4.78, 5) is 0. The predicted molar refractivity (Wildman–Crippen MR) is 48.7 cm³/mol. The van der Waals surface area contributed by atoms with E-state index in [1.807, 2.05) is 0 Å². The molecule has 2 atom stereocenters. The maximum absolute atomic E-state index is 11.5. The highest BCUT2D eigenvalue weighted by molar-refractivity contribution is 7.92. The Morgan fingerprint density at radius 2 is 1.92 bits per heavy atom. The third kappa shape index (κ3) is 1.18. The molecule has 0 aromatic rings. The maximum Gasteiger partial charge on any atom is 0.153 e. The monoisotopic (exact) mass is 188 g/mol. The largest absolute Gasteiger partial charge is 0.229 e. The molecule has 1 saturated heterocycles. The van der Waals surface area contributed by atoms with E-state index >= 15 is 0 Å². The van der Waals surface area contributed by atoms with Crippen LogP contribution in [0.1, 0.15) is 33.1 Å². The van der Waals surface area contributed by atoms with Gasteiger partial charge in [0, 0.05) is 0 Å². The van der Waals surface area contributed by atoms with Crippen molar-refractivity contribution < 1.29 is 8.42 Å². The second-order valence-corrected chi connectivity index (χ2v) is 7.37. The molecule has 1 saturated carbocycles. The van der Waals surface area contributed by atoms with Crippen molar-refractivity contribution in [2.75, 3.05) is 5.75 Å². The molecule has 0 N–H and O–H groups in total. The van der Waals surface area contributed by atoms with Gasteiger partial charge in [0.2, 0.25) is 0 Å². The first kappa shape index (κ1) is 8.54. The van der Waals surface area contributed by atoms with E-state index < -0.39 is 9.84 Å². The zero-order valence-electron chi connectivity index (χ0n) is 7.71. The molecule has 1 aliphatic carbocycles. The van der Waals surface area contributed by atoms with Crippen LogP contribution in [0.3, 0.4) is 0 Å². The van der Waals surface area contributed by atoms with Crippen LogP contribution in [0.15, 0.2) is 0 Å². The normalized spacial score (nSPS) is 42.8. The van der Waals surface area contributed by atoms with Crippen LogP contribution in [0.2, 0.25) is 0 Å². The lowest BCUT2D eigenvalue weighted by molar-refractivity contribution is 0.357. The summed E-state index contributed by atoms with van der Waals surface area (Å²) in [5.74, 6) is 0.920. The van der Waals surface area contributed by atoms with Crippen LogP contribution in [0, 0.1) is 11.3 Å². The molecule has 0 aromatic carbocycles. The zero-order valence-corrected chi connectivity index (χ0v) is 8.52. The Bertz CT molecular complexity index is 290. The molecular weight excluding hydrogens is 172 g/mol. The van der Waals surface area contributed by atoms with Gasteiger partial charge in [0.1, 0.15) is 0 Å². The van der Waals surface area contributed by atoms with Gasteiger partial charge in [-0.1, -0.05) is 13.8 Å². The molecule has 70 valence electrons. The Kier molecular flexibility index (Phi) is 1.60. The fourth-order valence-electron chi connectivity index (χ4n) is 2.81. The molecule has 0 spiro atoms. The summed E-state index contributed by atoms with van der Waals surface area (Å²) in [6.07, 6.45) is 2.91. The maximum atomic E-state index is 11.5. The standard InChI is InChI=1S/C9H16O2S/c1-9(2)5-7-3-4-12(10,11)8(7)6-9/h7-8H,3-6H2,1-2H3. The highest BCUT2D eigenvalue weighted by atomic mass is 32.2. The Morgan fingerprint density at radius 1 is 1.25 bits per heavy atom. The van der Waals surface area contributed by atoms with Crippen molar-refractivity contribution in [3.05, 3.63) is 0 Å². The second kappa shape index (κ2) is 2.25. The molecule has 0 radical (unpaired) electrons. The van der Waals surface area contributed by atoms with Crippen LogP contribution in [0.5, 0.6) is 0 Å². The summed E-state index contributed by atoms with van der Waals surface area (Å²) >= 11 is 0. The molecule has 2 aliphatic rings. The van der Waals surface area contributed by atoms with Gasteiger partial charge in [-0.05, 0) is 30.6 Å². The number of fused-ring (bicyclic) bond motifs is 1. The van der Waals surface area contributed by atoms with Crippen molar-refractivity contribution in [2.45, 2.75) is 38.4 Å². The summed E-state index contributed by atoms with van der Waals surface area (Å²) in [6.45, 7) is 4.36. The van der Waals surface area contributed by atoms with E-state index in [2.05, 4.69) is 13.8 Å². The van der Waals surface area contributed by atoms with Crippen molar-refractivity contribution >= 4 is 9.84 Å². The van der Waals surface area contributed by atoms with Crippen molar-refractivity contribution in [2.24, 2.45) is 11.3 Å². The summed E-state index contributed by atoms with van der Waals surface area (Å²) in [5.41, 5.74) is 0.267. The van der Waals surface area contributed by atoms with Crippen molar-refractivity contribution in [3.63, 3.8) is 0 Å². The molecule has 3 heteroatoms. The summed E-state index contributed by atoms with van der Waals surface area (Å²) in [6, 6.07) is 0. The smallest absolute Gasteiger partial charge is 0.153 e. The first-order valence-corrected chi connectivity index (χ1v) is 6.34. The van der Waals surface area contributed by atoms with Crippen LogP contribution in [-0.2, 0) is 9.84 Å². The molecule has 1 aliphatic heterocycles. The quantitative estimate of drug-likeness (QED) is 0.579. The average Bonchev–Trinajstić information content (AvgIpc) is 2.31. The molecule has 2 rings (SSSR count). The lowest BCUT2D eigenvalue weighted by atomic mass is 9.90. The van der Waals surface area contributed by atoms with Gasteiger partial charge in [0.25, 0.3) is 0 Å². The number of rotatable bonds is 0. The van der Waals surface area contributed by atoms with E-state index in [1.165, 1.54) is 0 Å². The van der Waals surface area contributed by atoms with Crippen molar-refractivity contribution in [1.29, 1.82) is 0 Å². The number of sulfone groups is 1. The molecule has 0 bridgehead atoms. The van der Waals surface area contributed by atoms with Crippen LogP contribution in [-0.4, -0.2) is 19.4 Å². The highest BCUT2D eigenvalue weighted by Crippen LogP contribution is 2.49. The van der Waals surface area contributed by atoms with Gasteiger partial charge in [-0.2, -0.15) is 0 Å². The van der Waals surface area contributed by atoms with E-state index in [9.17, 15) is 8.42 Å². The van der Waals surface area contributed by atoms with Crippen LogP contribution >= 0.6 is 0 Å². The van der Waals surface area contributed by atoms with Crippen LogP contribution in [0.4, 0.5) is 0 Å². The topological polar surface area (TPSA) is 34.1 Å². The molecule has 2 unspecified atom stereocenters. The molecule has 0 amide bonds. The Labute approximate surface area is 74.3 Å². The minimum absolute atomic E-state index is 0.00694. The first-order valence-electron chi connectivity index (χ1n) is 4.62. The third-order valence-electron chi connectivity index (χ3n) is 3.33.